The molecule has 0 aliphatic rings. The van der Waals surface area contributed by atoms with Crippen molar-refractivity contribution >= 4 is 5.78 Å². The van der Waals surface area contributed by atoms with Crippen LogP contribution in [0.3, 0.4) is 0 Å². The average molecular weight is 296 g/mol. The van der Waals surface area contributed by atoms with Gasteiger partial charge in [-0.1, -0.05) is 20.8 Å². The second kappa shape index (κ2) is 4.68. The van der Waals surface area contributed by atoms with Crippen LogP contribution in [0.5, 0.6) is 0 Å². The van der Waals surface area contributed by atoms with Gasteiger partial charge in [0.2, 0.25) is 0 Å². The predicted molar refractivity (Wildman–Crippen MR) is 51.1 cm³/mol. The zero-order valence-corrected chi connectivity index (χ0v) is 10.1. The molecule has 0 unspecified atom stereocenters. The molecule has 0 rings (SSSR count). The van der Waals surface area contributed by atoms with Gasteiger partial charge in [-0.25, -0.2) is 0 Å². The molecule has 0 radical (unpaired) electrons. The van der Waals surface area contributed by atoms with Gasteiger partial charge in [-0.3, -0.25) is 4.79 Å². The maximum Gasteiger partial charge on any atom is 0.460 e. The molecule has 112 valence electrons. The first-order valence-electron chi connectivity index (χ1n) is 4.83. The smallest absolute Gasteiger partial charge is 0.460 e. The molecule has 0 aromatic rings. The number of alkyl halides is 7. The van der Waals surface area contributed by atoms with Crippen LogP contribution in [-0.4, -0.2) is 28.9 Å². The Labute approximate surface area is 103 Å². The number of rotatable bonds is 3. The second-order valence-electron chi connectivity index (χ2n) is 4.79. The van der Waals surface area contributed by atoms with Crippen LogP contribution in [0.2, 0.25) is 0 Å². The van der Waals surface area contributed by atoms with E-state index in [2.05, 4.69) is 0 Å². The van der Waals surface area contributed by atoms with Crippen molar-refractivity contribution in [3.05, 3.63) is 11.8 Å². The van der Waals surface area contributed by atoms with E-state index in [0.29, 0.717) is 0 Å². The highest BCUT2D eigenvalue weighted by Crippen LogP contribution is 2.49. The maximum atomic E-state index is 12.9. The van der Waals surface area contributed by atoms with Crippen molar-refractivity contribution < 1.29 is 40.6 Å². The topological polar surface area (TPSA) is 37.3 Å². The number of aliphatic hydroxyl groups is 1. The van der Waals surface area contributed by atoms with E-state index < -0.39 is 35.0 Å². The van der Waals surface area contributed by atoms with Gasteiger partial charge in [-0.05, 0) is 0 Å². The minimum atomic E-state index is -6.57. The van der Waals surface area contributed by atoms with Gasteiger partial charge in [-0.2, -0.15) is 30.7 Å². The Hall–Kier alpha value is -1.28. The van der Waals surface area contributed by atoms with E-state index in [1.807, 2.05) is 0 Å². The van der Waals surface area contributed by atoms with Crippen LogP contribution in [0, 0.1) is 5.41 Å². The van der Waals surface area contributed by atoms with Gasteiger partial charge in [0, 0.05) is 11.5 Å². The van der Waals surface area contributed by atoms with E-state index in [0.717, 1.165) is 0 Å². The molecule has 0 amide bonds. The first-order valence-corrected chi connectivity index (χ1v) is 4.83. The fraction of sp³-hybridized carbons (Fsp3) is 0.700. The molecular formula is C10H11F7O2. The van der Waals surface area contributed by atoms with Gasteiger partial charge in [0.25, 0.3) is 0 Å². The minimum Gasteiger partial charge on any atom is -0.506 e. The zero-order chi connectivity index (χ0) is 15.9. The number of allylic oxidation sites excluding steroid dienone is 2. The molecule has 0 aliphatic carbocycles. The number of ketones is 1. The van der Waals surface area contributed by atoms with Crippen molar-refractivity contribution in [1.29, 1.82) is 0 Å². The summed E-state index contributed by atoms with van der Waals surface area (Å²) in [7, 11) is 0. The maximum absolute atomic E-state index is 12.9. The predicted octanol–water partition coefficient (Wildman–Crippen LogP) is 3.88. The van der Waals surface area contributed by atoms with E-state index >= 15 is 0 Å². The first kappa shape index (κ1) is 17.7. The highest BCUT2D eigenvalue weighted by Gasteiger charge is 2.74. The monoisotopic (exact) mass is 296 g/mol. The zero-order valence-electron chi connectivity index (χ0n) is 10.1. The second-order valence-corrected chi connectivity index (χ2v) is 4.79. The van der Waals surface area contributed by atoms with E-state index in [9.17, 15) is 35.5 Å². The number of hydrogen-bond acceptors (Lipinski definition) is 2. The number of hydrogen-bond donors (Lipinski definition) is 1. The van der Waals surface area contributed by atoms with Gasteiger partial charge in [0.05, 0.1) is 0 Å². The van der Waals surface area contributed by atoms with Crippen LogP contribution >= 0.6 is 0 Å². The lowest BCUT2D eigenvalue weighted by atomic mass is 9.90. The normalized spacial score (nSPS) is 15.6. The molecule has 1 N–H and O–H groups in total. The van der Waals surface area contributed by atoms with Crippen molar-refractivity contribution in [3.8, 4) is 0 Å². The molecule has 0 atom stereocenters. The largest absolute Gasteiger partial charge is 0.506 e. The highest BCUT2D eigenvalue weighted by molar-refractivity contribution is 5.94. The summed E-state index contributed by atoms with van der Waals surface area (Å²) in [5.41, 5.74) is -1.32. The van der Waals surface area contributed by atoms with Crippen molar-refractivity contribution in [1.82, 2.24) is 0 Å². The van der Waals surface area contributed by atoms with Gasteiger partial charge in [0.1, 0.15) is 0 Å². The van der Waals surface area contributed by atoms with E-state index in [-0.39, 0.29) is 6.08 Å². The lowest BCUT2D eigenvalue weighted by Gasteiger charge is -2.27. The van der Waals surface area contributed by atoms with Crippen molar-refractivity contribution in [2.75, 3.05) is 0 Å². The van der Waals surface area contributed by atoms with Gasteiger partial charge in [0.15, 0.2) is 11.5 Å². The van der Waals surface area contributed by atoms with Crippen LogP contribution in [0.1, 0.15) is 20.8 Å². The van der Waals surface area contributed by atoms with Crippen LogP contribution in [0.15, 0.2) is 11.8 Å². The lowest BCUT2D eigenvalue weighted by Crippen LogP contribution is -2.53. The van der Waals surface area contributed by atoms with Gasteiger partial charge >= 0.3 is 18.0 Å². The van der Waals surface area contributed by atoms with Gasteiger partial charge < -0.3 is 5.11 Å². The Balaban J connectivity index is 5.57. The Morgan fingerprint density at radius 2 is 1.32 bits per heavy atom. The van der Waals surface area contributed by atoms with Crippen LogP contribution in [0.25, 0.3) is 0 Å². The summed E-state index contributed by atoms with van der Waals surface area (Å²) >= 11 is 0. The van der Waals surface area contributed by atoms with E-state index in [1.165, 1.54) is 20.8 Å². The van der Waals surface area contributed by atoms with Crippen molar-refractivity contribution in [2.45, 2.75) is 38.8 Å². The van der Waals surface area contributed by atoms with Crippen LogP contribution in [-0.2, 0) is 4.79 Å². The summed E-state index contributed by atoms with van der Waals surface area (Å²) in [4.78, 5) is 11.2. The first-order chi connectivity index (χ1) is 8.05. The summed E-state index contributed by atoms with van der Waals surface area (Å²) in [6.45, 7) is 3.62. The molecule has 0 aromatic carbocycles. The molecule has 0 heterocycles. The molecular weight excluding hydrogens is 285 g/mol. The molecule has 0 saturated carbocycles. The van der Waals surface area contributed by atoms with Crippen LogP contribution in [0.4, 0.5) is 30.7 Å². The molecule has 0 spiro atoms. The molecule has 9 heteroatoms. The molecule has 19 heavy (non-hydrogen) atoms. The third-order valence-corrected chi connectivity index (χ3v) is 2.08. The van der Waals surface area contributed by atoms with E-state index in [4.69, 9.17) is 5.11 Å². The summed E-state index contributed by atoms with van der Waals surface area (Å²) in [6.07, 6.45) is -6.89. The fourth-order valence-electron chi connectivity index (χ4n) is 0.770. The fourth-order valence-corrected chi connectivity index (χ4v) is 0.770. The number of aliphatic hydroxyl groups excluding tert-OH is 1. The molecule has 0 aromatic heterocycles. The molecule has 0 fully saturated rings. The van der Waals surface area contributed by atoms with Crippen molar-refractivity contribution in [2.24, 2.45) is 5.41 Å². The number of halogens is 7. The van der Waals surface area contributed by atoms with E-state index in [1.54, 1.807) is 0 Å². The lowest BCUT2D eigenvalue weighted by molar-refractivity contribution is -0.349. The average Bonchev–Trinajstić information content (AvgIpc) is 2.13. The Morgan fingerprint density at radius 1 is 0.947 bits per heavy atom. The summed E-state index contributed by atoms with van der Waals surface area (Å²) in [5, 5.41) is 8.72. The number of carbonyl (C=O) groups excluding carboxylic acids is 1. The molecule has 0 bridgehead atoms. The quantitative estimate of drug-likeness (QED) is 0.487. The standard InChI is InChI=1S/C10H11F7O2/c1-7(2,3)5(18)4-6(19)8(11,12)9(13,14)10(15,16)17/h4,19H,1-3H3/b6-4-. The SMILES string of the molecule is CC(C)(C)C(=O)/C=C(\O)C(F)(F)C(F)(F)C(F)(F)F. The summed E-state index contributed by atoms with van der Waals surface area (Å²) in [5.74, 6) is -16.3. The van der Waals surface area contributed by atoms with Crippen molar-refractivity contribution in [3.63, 3.8) is 0 Å². The minimum absolute atomic E-state index is 0.320. The number of carbonyl (C=O) groups is 1. The van der Waals surface area contributed by atoms with Crippen LogP contribution < -0.4 is 0 Å². The third-order valence-electron chi connectivity index (χ3n) is 2.08. The molecule has 0 saturated heterocycles. The Bertz CT molecular complexity index is 388. The Kier molecular flexibility index (Phi) is 4.36. The molecule has 2 nitrogen and oxygen atoms in total. The van der Waals surface area contributed by atoms with Gasteiger partial charge in [-0.15, -0.1) is 0 Å². The summed E-state index contributed by atoms with van der Waals surface area (Å²) < 4.78 is 86.3. The third kappa shape index (κ3) is 3.38. The summed E-state index contributed by atoms with van der Waals surface area (Å²) in [6, 6.07) is 0. The Morgan fingerprint density at radius 3 is 1.58 bits per heavy atom. The highest BCUT2D eigenvalue weighted by atomic mass is 19.4. The molecule has 0 aliphatic heterocycles.